The summed E-state index contributed by atoms with van der Waals surface area (Å²) in [6.45, 7) is 2.57. The standard InChI is InChI=1S/C22H20N2O6/c1-4-5-23-21-13-8-19-18(29-11-30-19)6-12(13)7-20(25)24(21)15-10-17(28-3)16(27-2)9-14(15)22(23)26/h6-10H,4-5,11H2,1-3H3. The van der Waals surface area contributed by atoms with Crippen LogP contribution in [0.25, 0.3) is 27.3 Å². The van der Waals surface area contributed by atoms with Crippen molar-refractivity contribution in [3.63, 3.8) is 0 Å². The Morgan fingerprint density at radius 1 is 0.933 bits per heavy atom. The number of benzene rings is 2. The quantitative estimate of drug-likeness (QED) is 0.483. The summed E-state index contributed by atoms with van der Waals surface area (Å²) in [6, 6.07) is 8.43. The molecule has 4 aromatic rings. The van der Waals surface area contributed by atoms with Crippen LogP contribution in [0.15, 0.2) is 39.9 Å². The van der Waals surface area contributed by atoms with Gasteiger partial charge in [-0.3, -0.25) is 18.6 Å². The van der Waals surface area contributed by atoms with E-state index in [1.165, 1.54) is 14.2 Å². The van der Waals surface area contributed by atoms with Gasteiger partial charge >= 0.3 is 0 Å². The summed E-state index contributed by atoms with van der Waals surface area (Å²) in [5.74, 6) is 2.05. The van der Waals surface area contributed by atoms with Crippen molar-refractivity contribution in [3.05, 3.63) is 51.0 Å². The summed E-state index contributed by atoms with van der Waals surface area (Å²) < 4.78 is 25.0. The lowest BCUT2D eigenvalue weighted by Gasteiger charge is -2.17. The van der Waals surface area contributed by atoms with Crippen LogP contribution < -0.4 is 30.1 Å². The SMILES string of the molecule is CCCn1c(=O)c2cc(OC)c(OC)cc2n2c(=O)cc3cc4c(cc3c12)OCO4. The number of nitrogens with zero attached hydrogens (tertiary/aromatic N) is 2. The first-order valence-electron chi connectivity index (χ1n) is 9.65. The van der Waals surface area contributed by atoms with Gasteiger partial charge in [0.25, 0.3) is 11.1 Å². The van der Waals surface area contributed by atoms with Gasteiger partial charge in [0.05, 0.1) is 25.1 Å². The van der Waals surface area contributed by atoms with Gasteiger partial charge in [-0.1, -0.05) is 6.92 Å². The zero-order valence-electron chi connectivity index (χ0n) is 16.9. The fourth-order valence-corrected chi connectivity index (χ4v) is 4.09. The second-order valence-corrected chi connectivity index (χ2v) is 7.12. The van der Waals surface area contributed by atoms with Crippen molar-refractivity contribution < 1.29 is 18.9 Å². The van der Waals surface area contributed by atoms with Crippen LogP contribution in [0.1, 0.15) is 13.3 Å². The summed E-state index contributed by atoms with van der Waals surface area (Å²) in [6.07, 6.45) is 0.726. The number of ether oxygens (including phenoxy) is 4. The van der Waals surface area contributed by atoms with E-state index >= 15 is 0 Å². The Balaban J connectivity index is 2.06. The third-order valence-corrected chi connectivity index (χ3v) is 5.42. The van der Waals surface area contributed by atoms with Crippen LogP contribution in [-0.2, 0) is 6.54 Å². The number of hydrogen-bond acceptors (Lipinski definition) is 6. The molecule has 8 heteroatoms. The lowest BCUT2D eigenvalue weighted by molar-refractivity contribution is 0.174. The molecule has 1 aliphatic heterocycles. The lowest BCUT2D eigenvalue weighted by atomic mass is 10.1. The molecule has 0 aliphatic carbocycles. The summed E-state index contributed by atoms with van der Waals surface area (Å²) in [7, 11) is 3.03. The maximum absolute atomic E-state index is 13.5. The van der Waals surface area contributed by atoms with E-state index in [1.54, 1.807) is 33.2 Å². The van der Waals surface area contributed by atoms with E-state index in [-0.39, 0.29) is 17.9 Å². The van der Waals surface area contributed by atoms with Crippen molar-refractivity contribution in [1.29, 1.82) is 0 Å². The number of aryl methyl sites for hydroxylation is 1. The summed E-state index contributed by atoms with van der Waals surface area (Å²) in [5, 5.41) is 1.81. The predicted octanol–water partition coefficient (Wildman–Crippen LogP) is 2.92. The fourth-order valence-electron chi connectivity index (χ4n) is 4.09. The second-order valence-electron chi connectivity index (χ2n) is 7.12. The average molecular weight is 408 g/mol. The highest BCUT2D eigenvalue weighted by atomic mass is 16.7. The van der Waals surface area contributed by atoms with Gasteiger partial charge in [0.15, 0.2) is 23.0 Å². The van der Waals surface area contributed by atoms with Gasteiger partial charge in [-0.15, -0.1) is 0 Å². The minimum Gasteiger partial charge on any atom is -0.493 e. The zero-order chi connectivity index (χ0) is 21.0. The smallest absolute Gasteiger partial charge is 0.261 e. The Hall–Kier alpha value is -3.68. The predicted molar refractivity (Wildman–Crippen MR) is 112 cm³/mol. The largest absolute Gasteiger partial charge is 0.493 e. The molecule has 8 nitrogen and oxygen atoms in total. The highest BCUT2D eigenvalue weighted by Crippen LogP contribution is 2.38. The molecule has 154 valence electrons. The van der Waals surface area contributed by atoms with E-state index in [1.807, 2.05) is 13.0 Å². The molecule has 0 radical (unpaired) electrons. The van der Waals surface area contributed by atoms with E-state index in [2.05, 4.69) is 0 Å². The monoisotopic (exact) mass is 408 g/mol. The first-order chi connectivity index (χ1) is 14.6. The van der Waals surface area contributed by atoms with E-state index in [9.17, 15) is 9.59 Å². The highest BCUT2D eigenvalue weighted by molar-refractivity contribution is 5.99. The number of pyridine rings is 1. The van der Waals surface area contributed by atoms with Crippen LogP contribution >= 0.6 is 0 Å². The van der Waals surface area contributed by atoms with Gasteiger partial charge in [0, 0.05) is 24.1 Å². The Bertz CT molecular complexity index is 1450. The molecular formula is C22H20N2O6. The Kier molecular flexibility index (Phi) is 4.09. The molecule has 0 saturated heterocycles. The topological polar surface area (TPSA) is 80.4 Å². The summed E-state index contributed by atoms with van der Waals surface area (Å²) in [5.41, 5.74) is 0.530. The van der Waals surface area contributed by atoms with Gasteiger partial charge in [-0.05, 0) is 30.0 Å². The van der Waals surface area contributed by atoms with Crippen molar-refractivity contribution in [2.75, 3.05) is 21.0 Å². The third-order valence-electron chi connectivity index (χ3n) is 5.42. The number of fused-ring (bicyclic) bond motifs is 6. The van der Waals surface area contributed by atoms with Crippen LogP contribution in [0.4, 0.5) is 0 Å². The molecule has 0 N–H and O–H groups in total. The molecule has 2 aromatic heterocycles. The molecule has 5 rings (SSSR count). The molecule has 0 amide bonds. The maximum atomic E-state index is 13.5. The zero-order valence-corrected chi connectivity index (χ0v) is 16.9. The van der Waals surface area contributed by atoms with Crippen LogP contribution in [-0.4, -0.2) is 30.0 Å². The molecule has 0 spiro atoms. The van der Waals surface area contributed by atoms with Gasteiger partial charge < -0.3 is 18.9 Å². The normalized spacial score (nSPS) is 12.8. The van der Waals surface area contributed by atoms with E-state index in [0.717, 1.165) is 11.8 Å². The van der Waals surface area contributed by atoms with Crippen LogP contribution in [0, 0.1) is 0 Å². The number of aromatic nitrogens is 2. The Morgan fingerprint density at radius 3 is 2.33 bits per heavy atom. The minimum atomic E-state index is -0.251. The summed E-state index contributed by atoms with van der Waals surface area (Å²) in [4.78, 5) is 26.7. The fraction of sp³-hybridized carbons (Fsp3) is 0.273. The molecule has 30 heavy (non-hydrogen) atoms. The van der Waals surface area contributed by atoms with Crippen molar-refractivity contribution in [2.24, 2.45) is 0 Å². The minimum absolute atomic E-state index is 0.128. The van der Waals surface area contributed by atoms with Crippen molar-refractivity contribution in [1.82, 2.24) is 8.97 Å². The van der Waals surface area contributed by atoms with Crippen LogP contribution in [0.5, 0.6) is 23.0 Å². The summed E-state index contributed by atoms with van der Waals surface area (Å²) >= 11 is 0. The average Bonchev–Trinajstić information content (AvgIpc) is 3.21. The van der Waals surface area contributed by atoms with Crippen LogP contribution in [0.3, 0.4) is 0 Å². The molecule has 0 saturated carbocycles. The molecule has 3 heterocycles. The highest BCUT2D eigenvalue weighted by Gasteiger charge is 2.21. The third kappa shape index (κ3) is 2.46. The Labute approximate surface area is 170 Å². The molecule has 0 unspecified atom stereocenters. The van der Waals surface area contributed by atoms with Crippen molar-refractivity contribution >= 4 is 27.3 Å². The number of hydrogen-bond donors (Lipinski definition) is 0. The number of methoxy groups -OCH3 is 2. The molecular weight excluding hydrogens is 388 g/mol. The van der Waals surface area contributed by atoms with Gasteiger partial charge in [-0.25, -0.2) is 0 Å². The van der Waals surface area contributed by atoms with Gasteiger partial charge in [0.2, 0.25) is 6.79 Å². The molecule has 0 atom stereocenters. The second kappa shape index (κ2) is 6.69. The van der Waals surface area contributed by atoms with Crippen molar-refractivity contribution in [3.8, 4) is 23.0 Å². The lowest BCUT2D eigenvalue weighted by Crippen LogP contribution is -2.28. The van der Waals surface area contributed by atoms with Crippen LogP contribution in [0.2, 0.25) is 0 Å². The molecule has 0 bridgehead atoms. The first kappa shape index (κ1) is 18.4. The molecule has 1 aliphatic rings. The van der Waals surface area contributed by atoms with Crippen molar-refractivity contribution in [2.45, 2.75) is 19.9 Å². The Morgan fingerprint density at radius 2 is 1.63 bits per heavy atom. The van der Waals surface area contributed by atoms with Gasteiger partial charge in [-0.2, -0.15) is 0 Å². The molecule has 0 fully saturated rings. The molecule has 2 aromatic carbocycles. The maximum Gasteiger partial charge on any atom is 0.261 e. The first-order valence-corrected chi connectivity index (χ1v) is 9.65. The number of rotatable bonds is 4. The van der Waals surface area contributed by atoms with E-state index in [4.69, 9.17) is 18.9 Å². The van der Waals surface area contributed by atoms with Gasteiger partial charge in [0.1, 0.15) is 5.65 Å². The van der Waals surface area contributed by atoms with E-state index in [0.29, 0.717) is 51.5 Å². The van der Waals surface area contributed by atoms with E-state index < -0.39 is 0 Å².